The van der Waals surface area contributed by atoms with Crippen molar-refractivity contribution in [1.29, 1.82) is 0 Å². The zero-order valence-electron chi connectivity index (χ0n) is 15.7. The summed E-state index contributed by atoms with van der Waals surface area (Å²) in [6.07, 6.45) is 4.93. The molecule has 0 aromatic carbocycles. The van der Waals surface area contributed by atoms with Gasteiger partial charge >= 0.3 is 0 Å². The number of aliphatic imine (C=N–C) groups is 1. The molecule has 0 atom stereocenters. The second-order valence-electron chi connectivity index (χ2n) is 6.42. The first kappa shape index (κ1) is 19.3. The molecule has 140 valence electrons. The van der Waals surface area contributed by atoms with Gasteiger partial charge in [0, 0.05) is 32.6 Å². The van der Waals surface area contributed by atoms with Crippen molar-refractivity contribution in [3.63, 3.8) is 0 Å². The third-order valence-corrected chi connectivity index (χ3v) is 4.36. The van der Waals surface area contributed by atoms with Gasteiger partial charge in [-0.3, -0.25) is 4.79 Å². The van der Waals surface area contributed by atoms with Crippen LogP contribution >= 0.6 is 0 Å². The molecule has 2 N–H and O–H groups in total. The molecule has 0 aliphatic carbocycles. The molecular weight excluding hydrogens is 318 g/mol. The lowest BCUT2D eigenvalue weighted by molar-refractivity contribution is -0.130. The maximum absolute atomic E-state index is 12.0. The Morgan fingerprint density at radius 1 is 1.28 bits per heavy atom. The fraction of sp³-hybridized carbons (Fsp3) is 0.722. The Bertz CT molecular complexity index is 563. The first-order chi connectivity index (χ1) is 12.1. The number of oxazole rings is 1. The zero-order valence-corrected chi connectivity index (χ0v) is 15.7. The third-order valence-electron chi connectivity index (χ3n) is 4.36. The smallest absolute Gasteiger partial charge is 0.222 e. The number of hydrogen-bond acceptors (Lipinski definition) is 4. The number of carbonyl (C=O) groups excluding carboxylic acids is 1. The van der Waals surface area contributed by atoms with Crippen LogP contribution in [0.3, 0.4) is 0 Å². The van der Waals surface area contributed by atoms with E-state index in [2.05, 4.69) is 20.6 Å². The lowest BCUT2D eigenvalue weighted by Crippen LogP contribution is -2.39. The Balaban J connectivity index is 1.76. The average Bonchev–Trinajstić information content (AvgIpc) is 2.78. The summed E-state index contributed by atoms with van der Waals surface area (Å²) in [5.74, 6) is 2.51. The van der Waals surface area contributed by atoms with Gasteiger partial charge in [-0.25, -0.2) is 9.98 Å². The van der Waals surface area contributed by atoms with Crippen LogP contribution in [-0.2, 0) is 11.3 Å². The number of amides is 1. The van der Waals surface area contributed by atoms with E-state index in [1.165, 1.54) is 0 Å². The summed E-state index contributed by atoms with van der Waals surface area (Å²) < 4.78 is 5.55. The van der Waals surface area contributed by atoms with E-state index in [1.807, 2.05) is 25.7 Å². The highest BCUT2D eigenvalue weighted by Crippen LogP contribution is 2.11. The fourth-order valence-corrected chi connectivity index (χ4v) is 2.85. The second-order valence-corrected chi connectivity index (χ2v) is 6.42. The van der Waals surface area contributed by atoms with E-state index < -0.39 is 0 Å². The van der Waals surface area contributed by atoms with Crippen molar-refractivity contribution in [1.82, 2.24) is 20.5 Å². The van der Waals surface area contributed by atoms with Crippen molar-refractivity contribution < 1.29 is 9.21 Å². The molecule has 0 bridgehead atoms. The van der Waals surface area contributed by atoms with Crippen molar-refractivity contribution in [3.05, 3.63) is 17.3 Å². The number of aromatic nitrogens is 1. The summed E-state index contributed by atoms with van der Waals surface area (Å²) in [7, 11) is 0. The van der Waals surface area contributed by atoms with Crippen molar-refractivity contribution in [2.75, 3.05) is 26.2 Å². The number of guanidine groups is 1. The van der Waals surface area contributed by atoms with Crippen LogP contribution in [0.15, 0.2) is 9.41 Å². The number of rotatable bonds is 7. The molecule has 1 amide bonds. The summed E-state index contributed by atoms with van der Waals surface area (Å²) in [4.78, 5) is 22.8. The third kappa shape index (κ3) is 6.40. The van der Waals surface area contributed by atoms with E-state index in [9.17, 15) is 4.79 Å². The highest BCUT2D eigenvalue weighted by atomic mass is 16.4. The van der Waals surface area contributed by atoms with Crippen LogP contribution in [0, 0.1) is 13.8 Å². The van der Waals surface area contributed by atoms with Crippen LogP contribution in [0.4, 0.5) is 0 Å². The maximum Gasteiger partial charge on any atom is 0.222 e. The second kappa shape index (κ2) is 10.1. The minimum atomic E-state index is 0.299. The number of likely N-dealkylation sites (tertiary alicyclic amines) is 1. The summed E-state index contributed by atoms with van der Waals surface area (Å²) in [6.45, 7) is 9.56. The first-order valence-corrected chi connectivity index (χ1v) is 9.33. The summed E-state index contributed by atoms with van der Waals surface area (Å²) in [5, 5.41) is 6.53. The lowest BCUT2D eigenvalue weighted by atomic mass is 10.2. The molecule has 1 saturated heterocycles. The van der Waals surface area contributed by atoms with E-state index in [4.69, 9.17) is 4.42 Å². The van der Waals surface area contributed by atoms with Crippen LogP contribution in [0.1, 0.15) is 56.4 Å². The summed E-state index contributed by atoms with van der Waals surface area (Å²) in [5.41, 5.74) is 0.908. The van der Waals surface area contributed by atoms with Gasteiger partial charge in [-0.1, -0.05) is 6.42 Å². The predicted molar refractivity (Wildman–Crippen MR) is 98.5 cm³/mol. The summed E-state index contributed by atoms with van der Waals surface area (Å²) in [6, 6.07) is 0. The minimum Gasteiger partial charge on any atom is -0.444 e. The number of nitrogens with zero attached hydrogens (tertiary/aromatic N) is 3. The molecule has 0 spiro atoms. The average molecular weight is 349 g/mol. The summed E-state index contributed by atoms with van der Waals surface area (Å²) >= 11 is 0. The van der Waals surface area contributed by atoms with Gasteiger partial charge in [-0.05, 0) is 40.0 Å². The molecule has 1 aliphatic rings. The Labute approximate surface area is 150 Å². The van der Waals surface area contributed by atoms with Crippen LogP contribution in [0.25, 0.3) is 0 Å². The normalized spacial score (nSPS) is 16.0. The van der Waals surface area contributed by atoms with E-state index >= 15 is 0 Å². The number of aryl methyl sites for hydroxylation is 2. The zero-order chi connectivity index (χ0) is 18.1. The fourth-order valence-electron chi connectivity index (χ4n) is 2.85. The van der Waals surface area contributed by atoms with Gasteiger partial charge in [-0.15, -0.1) is 0 Å². The molecule has 25 heavy (non-hydrogen) atoms. The topological polar surface area (TPSA) is 82.8 Å². The monoisotopic (exact) mass is 349 g/mol. The van der Waals surface area contributed by atoms with Gasteiger partial charge < -0.3 is 20.0 Å². The molecule has 0 radical (unpaired) electrons. The van der Waals surface area contributed by atoms with Gasteiger partial charge in [-0.2, -0.15) is 0 Å². The molecule has 2 heterocycles. The standard InChI is InChI=1S/C18H31N5O2/c1-4-19-18(21-13-16-22-14(2)15(3)25-16)20-10-8-12-23-11-7-5-6-9-17(23)24/h4-13H2,1-3H3,(H2,19,20,21). The highest BCUT2D eigenvalue weighted by molar-refractivity contribution is 5.79. The molecule has 1 aromatic rings. The molecular formula is C18H31N5O2. The molecule has 7 nitrogen and oxygen atoms in total. The quantitative estimate of drug-likeness (QED) is 0.448. The SMILES string of the molecule is CCNC(=NCc1nc(C)c(C)o1)NCCCN1CCCCCC1=O. The highest BCUT2D eigenvalue weighted by Gasteiger charge is 2.15. The lowest BCUT2D eigenvalue weighted by Gasteiger charge is -2.20. The molecule has 0 saturated carbocycles. The Kier molecular flexibility index (Phi) is 7.76. The van der Waals surface area contributed by atoms with E-state index in [1.54, 1.807) is 0 Å². The van der Waals surface area contributed by atoms with Crippen LogP contribution < -0.4 is 10.6 Å². The van der Waals surface area contributed by atoms with Gasteiger partial charge in [0.2, 0.25) is 11.8 Å². The largest absolute Gasteiger partial charge is 0.444 e. The number of hydrogen-bond donors (Lipinski definition) is 2. The first-order valence-electron chi connectivity index (χ1n) is 9.33. The predicted octanol–water partition coefficient (Wildman–Crippen LogP) is 2.14. The van der Waals surface area contributed by atoms with Gasteiger partial charge in [0.05, 0.1) is 5.69 Å². The van der Waals surface area contributed by atoms with Crippen molar-refractivity contribution in [2.24, 2.45) is 4.99 Å². The van der Waals surface area contributed by atoms with E-state index in [-0.39, 0.29) is 0 Å². The Hall–Kier alpha value is -2.05. The molecule has 1 aromatic heterocycles. The molecule has 0 unspecified atom stereocenters. The van der Waals surface area contributed by atoms with Crippen LogP contribution in [-0.4, -0.2) is 47.9 Å². The van der Waals surface area contributed by atoms with Gasteiger partial charge in [0.1, 0.15) is 12.3 Å². The van der Waals surface area contributed by atoms with Crippen LogP contribution in [0.5, 0.6) is 0 Å². The van der Waals surface area contributed by atoms with Crippen molar-refractivity contribution in [3.8, 4) is 0 Å². The molecule has 2 rings (SSSR count). The number of carbonyl (C=O) groups is 1. The molecule has 7 heteroatoms. The van der Waals surface area contributed by atoms with E-state index in [0.717, 1.165) is 69.3 Å². The molecule has 1 aliphatic heterocycles. The Morgan fingerprint density at radius 2 is 2.12 bits per heavy atom. The Morgan fingerprint density at radius 3 is 2.84 bits per heavy atom. The minimum absolute atomic E-state index is 0.299. The van der Waals surface area contributed by atoms with E-state index in [0.29, 0.717) is 24.8 Å². The molecule has 1 fully saturated rings. The van der Waals surface area contributed by atoms with Crippen LogP contribution in [0.2, 0.25) is 0 Å². The van der Waals surface area contributed by atoms with Gasteiger partial charge in [0.15, 0.2) is 5.96 Å². The number of nitrogens with one attached hydrogen (secondary N) is 2. The van der Waals surface area contributed by atoms with Crippen molar-refractivity contribution in [2.45, 2.75) is 59.4 Å². The van der Waals surface area contributed by atoms with Crippen molar-refractivity contribution >= 4 is 11.9 Å². The maximum atomic E-state index is 12.0. The van der Waals surface area contributed by atoms with Gasteiger partial charge in [0.25, 0.3) is 0 Å².